The molecule has 21 heavy (non-hydrogen) atoms. The minimum Gasteiger partial charge on any atom is -0.316 e. The third kappa shape index (κ3) is 4.65. The highest BCUT2D eigenvalue weighted by Crippen LogP contribution is 2.14. The number of nitrogens with one attached hydrogen (secondary N) is 1. The fraction of sp³-hybridized carbons (Fsp3) is 0.118. The Hall–Kier alpha value is -2.26. The molecule has 0 aliphatic heterocycles. The zero-order chi connectivity index (χ0) is 15.1. The molecule has 0 aromatic heterocycles. The molecular weight excluding hydrogens is 284 g/mol. The first kappa shape index (κ1) is 15.1. The Morgan fingerprint density at radius 1 is 1.14 bits per heavy atom. The van der Waals surface area contributed by atoms with Crippen molar-refractivity contribution in [3.8, 4) is 0 Å². The zero-order valence-electron chi connectivity index (χ0n) is 11.6. The summed E-state index contributed by atoms with van der Waals surface area (Å²) in [5.41, 5.74) is 1.79. The van der Waals surface area contributed by atoms with Crippen LogP contribution in [-0.2, 0) is 6.54 Å². The van der Waals surface area contributed by atoms with Crippen LogP contribution in [0, 0.1) is 0 Å². The summed E-state index contributed by atoms with van der Waals surface area (Å²) in [6.45, 7) is 4.72. The number of benzene rings is 2. The van der Waals surface area contributed by atoms with Crippen molar-refractivity contribution in [2.45, 2.75) is 6.54 Å². The van der Waals surface area contributed by atoms with Crippen LogP contribution in [0.2, 0.25) is 5.02 Å². The topological polar surface area (TPSA) is 32.3 Å². The second kappa shape index (κ2) is 7.50. The van der Waals surface area contributed by atoms with E-state index in [1.165, 1.54) is 0 Å². The lowest BCUT2D eigenvalue weighted by molar-refractivity contribution is 0.215. The van der Waals surface area contributed by atoms with Crippen molar-refractivity contribution in [3.05, 3.63) is 77.8 Å². The van der Waals surface area contributed by atoms with Gasteiger partial charge in [0.2, 0.25) is 0 Å². The Balaban J connectivity index is 2.04. The Kier molecular flexibility index (Phi) is 5.41. The zero-order valence-corrected chi connectivity index (χ0v) is 12.4. The Morgan fingerprint density at radius 3 is 2.43 bits per heavy atom. The summed E-state index contributed by atoms with van der Waals surface area (Å²) in [7, 11) is 0. The number of hydrogen-bond acceptors (Lipinski definition) is 1. The third-order valence-electron chi connectivity index (χ3n) is 2.95. The molecule has 1 N–H and O–H groups in total. The van der Waals surface area contributed by atoms with Crippen LogP contribution < -0.4 is 5.32 Å². The number of carbonyl (C=O) groups is 1. The summed E-state index contributed by atoms with van der Waals surface area (Å²) in [5, 5.41) is 3.49. The summed E-state index contributed by atoms with van der Waals surface area (Å²) in [6.07, 6.45) is 1.71. The standard InChI is InChI=1S/C17H17ClN2O/c1-2-12-20(13-14-6-4-3-5-7-14)17(21)19-16-10-8-15(18)9-11-16/h2-11H,1,12-13H2,(H,19,21). The molecule has 0 aliphatic rings. The van der Waals surface area contributed by atoms with Crippen LogP contribution in [-0.4, -0.2) is 17.5 Å². The SMILES string of the molecule is C=CCN(Cc1ccccc1)C(=O)Nc1ccc(Cl)cc1. The highest BCUT2D eigenvalue weighted by atomic mass is 35.5. The smallest absolute Gasteiger partial charge is 0.316 e. The van der Waals surface area contributed by atoms with Gasteiger partial charge >= 0.3 is 6.03 Å². The summed E-state index contributed by atoms with van der Waals surface area (Å²) in [6, 6.07) is 16.7. The number of hydrogen-bond donors (Lipinski definition) is 1. The van der Waals surface area contributed by atoms with Crippen molar-refractivity contribution < 1.29 is 4.79 Å². The molecule has 3 nitrogen and oxygen atoms in total. The number of halogens is 1. The molecule has 2 rings (SSSR count). The van der Waals surface area contributed by atoms with Crippen molar-refractivity contribution in [1.82, 2.24) is 4.90 Å². The highest BCUT2D eigenvalue weighted by Gasteiger charge is 2.12. The lowest BCUT2D eigenvalue weighted by atomic mass is 10.2. The van der Waals surface area contributed by atoms with E-state index in [1.54, 1.807) is 35.2 Å². The van der Waals surface area contributed by atoms with Gasteiger partial charge in [0.15, 0.2) is 0 Å². The molecule has 0 bridgehead atoms. The maximum atomic E-state index is 12.3. The van der Waals surface area contributed by atoms with Gasteiger partial charge in [0.25, 0.3) is 0 Å². The van der Waals surface area contributed by atoms with E-state index in [1.807, 2.05) is 30.3 Å². The number of urea groups is 1. The molecule has 0 unspecified atom stereocenters. The van der Waals surface area contributed by atoms with Gasteiger partial charge in [0.05, 0.1) is 0 Å². The molecule has 0 fully saturated rings. The summed E-state index contributed by atoms with van der Waals surface area (Å²) in [5.74, 6) is 0. The van der Waals surface area contributed by atoms with Crippen molar-refractivity contribution in [2.75, 3.05) is 11.9 Å². The first-order chi connectivity index (χ1) is 10.2. The van der Waals surface area contributed by atoms with Crippen LogP contribution in [0.3, 0.4) is 0 Å². The van der Waals surface area contributed by atoms with Gasteiger partial charge in [-0.2, -0.15) is 0 Å². The van der Waals surface area contributed by atoms with Gasteiger partial charge in [0.1, 0.15) is 0 Å². The van der Waals surface area contributed by atoms with Crippen LogP contribution in [0.5, 0.6) is 0 Å². The normalized spacial score (nSPS) is 9.95. The predicted molar refractivity (Wildman–Crippen MR) is 87.5 cm³/mol. The summed E-state index contributed by atoms with van der Waals surface area (Å²) >= 11 is 5.83. The fourth-order valence-electron chi connectivity index (χ4n) is 1.91. The maximum absolute atomic E-state index is 12.3. The molecule has 108 valence electrons. The molecule has 0 saturated heterocycles. The van der Waals surface area contributed by atoms with Gasteiger partial charge in [0, 0.05) is 23.8 Å². The molecule has 0 radical (unpaired) electrons. The largest absolute Gasteiger partial charge is 0.322 e. The van der Waals surface area contributed by atoms with Gasteiger partial charge in [-0.15, -0.1) is 6.58 Å². The quantitative estimate of drug-likeness (QED) is 0.807. The minimum atomic E-state index is -0.166. The highest BCUT2D eigenvalue weighted by molar-refractivity contribution is 6.30. The fourth-order valence-corrected chi connectivity index (χ4v) is 2.04. The molecule has 2 aromatic rings. The second-order valence-corrected chi connectivity index (χ2v) is 5.03. The van der Waals surface area contributed by atoms with Gasteiger partial charge in [-0.3, -0.25) is 0 Å². The van der Waals surface area contributed by atoms with Crippen LogP contribution in [0.4, 0.5) is 10.5 Å². The van der Waals surface area contributed by atoms with Crippen LogP contribution in [0.1, 0.15) is 5.56 Å². The molecule has 0 spiro atoms. The summed E-state index contributed by atoms with van der Waals surface area (Å²) in [4.78, 5) is 14.0. The molecule has 0 atom stereocenters. The second-order valence-electron chi connectivity index (χ2n) is 4.59. The average molecular weight is 301 g/mol. The predicted octanol–water partition coefficient (Wildman–Crippen LogP) is 4.56. The molecular formula is C17H17ClN2O. The first-order valence-electron chi connectivity index (χ1n) is 6.65. The molecule has 2 amide bonds. The van der Waals surface area contributed by atoms with Gasteiger partial charge in [-0.05, 0) is 29.8 Å². The van der Waals surface area contributed by atoms with Crippen LogP contribution >= 0.6 is 11.6 Å². The average Bonchev–Trinajstić information content (AvgIpc) is 2.50. The molecule has 4 heteroatoms. The number of rotatable bonds is 5. The monoisotopic (exact) mass is 300 g/mol. The summed E-state index contributed by atoms with van der Waals surface area (Å²) < 4.78 is 0. The van der Waals surface area contributed by atoms with Crippen molar-refractivity contribution in [2.24, 2.45) is 0 Å². The molecule has 2 aromatic carbocycles. The molecule has 0 aliphatic carbocycles. The number of amides is 2. The number of nitrogens with zero attached hydrogens (tertiary/aromatic N) is 1. The molecule has 0 heterocycles. The lowest BCUT2D eigenvalue weighted by Gasteiger charge is -2.21. The van der Waals surface area contributed by atoms with Gasteiger partial charge in [-0.1, -0.05) is 48.0 Å². The third-order valence-corrected chi connectivity index (χ3v) is 3.20. The number of carbonyl (C=O) groups excluding carboxylic acids is 1. The number of anilines is 1. The van der Waals surface area contributed by atoms with Crippen LogP contribution in [0.15, 0.2) is 67.3 Å². The van der Waals surface area contributed by atoms with E-state index < -0.39 is 0 Å². The van der Waals surface area contributed by atoms with Gasteiger partial charge < -0.3 is 10.2 Å². The van der Waals surface area contributed by atoms with Gasteiger partial charge in [-0.25, -0.2) is 4.79 Å². The van der Waals surface area contributed by atoms with E-state index in [2.05, 4.69) is 11.9 Å². The van der Waals surface area contributed by atoms with E-state index >= 15 is 0 Å². The lowest BCUT2D eigenvalue weighted by Crippen LogP contribution is -2.34. The van der Waals surface area contributed by atoms with Crippen molar-refractivity contribution in [1.29, 1.82) is 0 Å². The van der Waals surface area contributed by atoms with Crippen molar-refractivity contribution in [3.63, 3.8) is 0 Å². The van der Waals surface area contributed by atoms with E-state index in [4.69, 9.17) is 11.6 Å². The Labute approximate surface area is 129 Å². The van der Waals surface area contributed by atoms with E-state index in [0.29, 0.717) is 23.8 Å². The van der Waals surface area contributed by atoms with E-state index in [9.17, 15) is 4.79 Å². The maximum Gasteiger partial charge on any atom is 0.322 e. The minimum absolute atomic E-state index is 0.166. The van der Waals surface area contributed by atoms with E-state index in [0.717, 1.165) is 5.56 Å². The van der Waals surface area contributed by atoms with Crippen LogP contribution in [0.25, 0.3) is 0 Å². The van der Waals surface area contributed by atoms with E-state index in [-0.39, 0.29) is 6.03 Å². The Morgan fingerprint density at radius 2 is 1.81 bits per heavy atom. The first-order valence-corrected chi connectivity index (χ1v) is 7.03. The molecule has 0 saturated carbocycles. The van der Waals surface area contributed by atoms with Crippen molar-refractivity contribution >= 4 is 23.3 Å². The Bertz CT molecular complexity index is 596.